The molecule has 4 N–H and O–H groups in total. The lowest BCUT2D eigenvalue weighted by Gasteiger charge is -2.35. The highest BCUT2D eigenvalue weighted by molar-refractivity contribution is 5.68. The zero-order chi connectivity index (χ0) is 16.3. The highest BCUT2D eigenvalue weighted by atomic mass is 16.6. The largest absolute Gasteiger partial charge is 0.444 e. The van der Waals surface area contributed by atoms with Crippen molar-refractivity contribution >= 4 is 17.6 Å². The fraction of sp³-hybridized carbons (Fsp3) is 0.733. The van der Waals surface area contributed by atoms with Crippen LogP contribution < -0.4 is 16.0 Å². The second-order valence-electron chi connectivity index (χ2n) is 6.94. The van der Waals surface area contributed by atoms with Gasteiger partial charge in [-0.25, -0.2) is 4.79 Å². The van der Waals surface area contributed by atoms with Crippen molar-refractivity contribution in [2.45, 2.75) is 64.1 Å². The molecule has 0 aliphatic heterocycles. The summed E-state index contributed by atoms with van der Waals surface area (Å²) in [7, 11) is 2.02. The van der Waals surface area contributed by atoms with Crippen LogP contribution in [0.2, 0.25) is 0 Å². The quantitative estimate of drug-likeness (QED) is 0.796. The van der Waals surface area contributed by atoms with Crippen LogP contribution in [0.3, 0.4) is 0 Å². The van der Waals surface area contributed by atoms with E-state index >= 15 is 0 Å². The first-order valence-corrected chi connectivity index (χ1v) is 7.77. The molecule has 7 nitrogen and oxygen atoms in total. The molecular weight excluding hydrogens is 282 g/mol. The lowest BCUT2D eigenvalue weighted by molar-refractivity contribution is 0.0491. The summed E-state index contributed by atoms with van der Waals surface area (Å²) in [6.07, 6.45) is 5.15. The van der Waals surface area contributed by atoms with Gasteiger partial charge >= 0.3 is 6.09 Å². The van der Waals surface area contributed by atoms with E-state index in [-0.39, 0.29) is 12.1 Å². The van der Waals surface area contributed by atoms with Crippen molar-refractivity contribution in [3.8, 4) is 0 Å². The maximum absolute atomic E-state index is 11.8. The lowest BCUT2D eigenvalue weighted by Crippen LogP contribution is -2.44. The predicted molar refractivity (Wildman–Crippen MR) is 86.8 cm³/mol. The van der Waals surface area contributed by atoms with Crippen molar-refractivity contribution in [3.05, 3.63) is 6.20 Å². The Morgan fingerprint density at radius 2 is 2.05 bits per heavy atom. The molecule has 0 spiro atoms. The number of H-pyrrole nitrogens is 1. The third-order valence-electron chi connectivity index (χ3n) is 3.97. The normalized spacial score (nSPS) is 22.2. The summed E-state index contributed by atoms with van der Waals surface area (Å²) < 4.78 is 5.30. The zero-order valence-electron chi connectivity index (χ0n) is 13.8. The molecular formula is C15H27N5O2. The second-order valence-corrected chi connectivity index (χ2v) is 6.94. The number of hydrogen-bond donors (Lipinski definition) is 3. The number of carbonyl (C=O) groups is 1. The number of amides is 1. The Labute approximate surface area is 131 Å². The van der Waals surface area contributed by atoms with Gasteiger partial charge in [-0.1, -0.05) is 0 Å². The second kappa shape index (κ2) is 6.46. The summed E-state index contributed by atoms with van der Waals surface area (Å²) in [6, 6.07) is 0.582. The summed E-state index contributed by atoms with van der Waals surface area (Å²) in [5.74, 6) is 0.864. The minimum Gasteiger partial charge on any atom is -0.444 e. The van der Waals surface area contributed by atoms with Gasteiger partial charge in [-0.05, 0) is 46.5 Å². The van der Waals surface area contributed by atoms with Crippen LogP contribution in [0.4, 0.5) is 16.3 Å². The van der Waals surface area contributed by atoms with Crippen LogP contribution in [0.25, 0.3) is 0 Å². The number of carbonyl (C=O) groups excluding carboxylic acids is 1. The van der Waals surface area contributed by atoms with E-state index in [4.69, 9.17) is 10.5 Å². The van der Waals surface area contributed by atoms with Crippen LogP contribution >= 0.6 is 0 Å². The minimum absolute atomic E-state index is 0.179. The van der Waals surface area contributed by atoms with Crippen molar-refractivity contribution in [1.82, 2.24) is 15.5 Å². The average Bonchev–Trinajstić information content (AvgIpc) is 2.83. The molecule has 1 aliphatic rings. The van der Waals surface area contributed by atoms with E-state index in [1.54, 1.807) is 6.20 Å². The van der Waals surface area contributed by atoms with Crippen LogP contribution in [0.15, 0.2) is 6.20 Å². The van der Waals surface area contributed by atoms with E-state index in [2.05, 4.69) is 20.4 Å². The van der Waals surface area contributed by atoms with E-state index in [1.165, 1.54) is 0 Å². The zero-order valence-corrected chi connectivity index (χ0v) is 13.8. The van der Waals surface area contributed by atoms with Crippen molar-refractivity contribution < 1.29 is 9.53 Å². The first kappa shape index (κ1) is 16.5. The first-order chi connectivity index (χ1) is 10.3. The van der Waals surface area contributed by atoms with Crippen molar-refractivity contribution in [1.29, 1.82) is 0 Å². The highest BCUT2D eigenvalue weighted by Gasteiger charge is 2.27. The number of hydrogen-bond acceptors (Lipinski definition) is 5. The van der Waals surface area contributed by atoms with E-state index in [1.807, 2.05) is 27.8 Å². The Morgan fingerprint density at radius 1 is 1.41 bits per heavy atom. The van der Waals surface area contributed by atoms with Crippen molar-refractivity contribution in [2.24, 2.45) is 0 Å². The maximum atomic E-state index is 11.8. The molecule has 124 valence electrons. The summed E-state index contributed by atoms with van der Waals surface area (Å²) in [6.45, 7) is 5.60. The van der Waals surface area contributed by atoms with E-state index in [0.717, 1.165) is 31.5 Å². The summed E-state index contributed by atoms with van der Waals surface area (Å²) in [5, 5.41) is 9.85. The number of rotatable bonds is 3. The van der Waals surface area contributed by atoms with Crippen LogP contribution in [0.5, 0.6) is 0 Å². The molecule has 1 aromatic heterocycles. The van der Waals surface area contributed by atoms with Gasteiger partial charge in [0.2, 0.25) is 0 Å². The molecule has 0 atom stereocenters. The number of alkyl carbamates (subject to hydrolysis) is 1. The molecule has 0 bridgehead atoms. The van der Waals surface area contributed by atoms with Gasteiger partial charge < -0.3 is 20.7 Å². The van der Waals surface area contributed by atoms with E-state index < -0.39 is 5.60 Å². The molecule has 1 amide bonds. The summed E-state index contributed by atoms with van der Waals surface area (Å²) in [4.78, 5) is 13.9. The third kappa shape index (κ3) is 4.29. The van der Waals surface area contributed by atoms with Crippen molar-refractivity contribution in [2.75, 3.05) is 17.7 Å². The molecule has 0 aromatic carbocycles. The number of ether oxygens (including phenoxy) is 1. The molecule has 1 aromatic rings. The molecule has 0 saturated heterocycles. The number of nitrogens with two attached hydrogens (primary N) is 1. The maximum Gasteiger partial charge on any atom is 0.407 e. The summed E-state index contributed by atoms with van der Waals surface area (Å²) in [5.41, 5.74) is 6.10. The Kier molecular flexibility index (Phi) is 4.83. The van der Waals surface area contributed by atoms with Gasteiger partial charge in [-0.2, -0.15) is 5.10 Å². The SMILES string of the molecule is CN(c1[nH]ncc1N)C1CCC(NC(=O)OC(C)(C)C)CC1. The van der Waals surface area contributed by atoms with Gasteiger partial charge in [0.05, 0.1) is 11.9 Å². The Balaban J connectivity index is 1.81. The molecule has 22 heavy (non-hydrogen) atoms. The van der Waals surface area contributed by atoms with Crippen LogP contribution in [0.1, 0.15) is 46.5 Å². The van der Waals surface area contributed by atoms with Crippen LogP contribution in [-0.2, 0) is 4.74 Å². The number of aromatic nitrogens is 2. The Bertz CT molecular complexity index is 500. The smallest absolute Gasteiger partial charge is 0.407 e. The topological polar surface area (TPSA) is 96.3 Å². The number of nitrogens with one attached hydrogen (secondary N) is 2. The predicted octanol–water partition coefficient (Wildman–Crippen LogP) is 2.26. The third-order valence-corrected chi connectivity index (χ3v) is 3.97. The lowest BCUT2D eigenvalue weighted by atomic mass is 9.90. The molecule has 2 rings (SSSR count). The average molecular weight is 309 g/mol. The van der Waals surface area contributed by atoms with Gasteiger partial charge in [-0.15, -0.1) is 0 Å². The van der Waals surface area contributed by atoms with E-state index in [0.29, 0.717) is 11.7 Å². The fourth-order valence-corrected chi connectivity index (χ4v) is 2.84. The fourth-order valence-electron chi connectivity index (χ4n) is 2.84. The van der Waals surface area contributed by atoms with Crippen LogP contribution in [0, 0.1) is 0 Å². The standard InChI is InChI=1S/C15H27N5O2/c1-15(2,3)22-14(21)18-10-5-7-11(8-6-10)20(4)13-12(16)9-17-19-13/h9-11H,5-8,16H2,1-4H3,(H,17,19)(H,18,21). The highest BCUT2D eigenvalue weighted by Crippen LogP contribution is 2.28. The molecule has 1 fully saturated rings. The van der Waals surface area contributed by atoms with Crippen molar-refractivity contribution in [3.63, 3.8) is 0 Å². The molecule has 7 heteroatoms. The monoisotopic (exact) mass is 309 g/mol. The van der Waals surface area contributed by atoms with Gasteiger partial charge in [0, 0.05) is 19.1 Å². The molecule has 1 saturated carbocycles. The van der Waals surface area contributed by atoms with Gasteiger partial charge in [0.1, 0.15) is 11.4 Å². The number of anilines is 2. The van der Waals surface area contributed by atoms with Gasteiger partial charge in [-0.3, -0.25) is 5.10 Å². The Hall–Kier alpha value is -1.92. The summed E-state index contributed by atoms with van der Waals surface area (Å²) >= 11 is 0. The molecule has 1 heterocycles. The Morgan fingerprint density at radius 3 is 2.55 bits per heavy atom. The minimum atomic E-state index is -0.459. The molecule has 0 unspecified atom stereocenters. The molecule has 1 aliphatic carbocycles. The van der Waals surface area contributed by atoms with E-state index in [9.17, 15) is 4.79 Å². The number of aromatic amines is 1. The van der Waals surface area contributed by atoms with Crippen LogP contribution in [-0.4, -0.2) is 41.0 Å². The number of nitrogen functional groups attached to an aromatic ring is 1. The first-order valence-electron chi connectivity index (χ1n) is 7.77. The van der Waals surface area contributed by atoms with Gasteiger partial charge in [0.25, 0.3) is 0 Å². The molecule has 0 radical (unpaired) electrons. The number of nitrogens with zero attached hydrogens (tertiary/aromatic N) is 2. The van der Waals surface area contributed by atoms with Gasteiger partial charge in [0.15, 0.2) is 0 Å².